The van der Waals surface area contributed by atoms with Gasteiger partial charge < -0.3 is 5.43 Å². The van der Waals surface area contributed by atoms with E-state index in [1.807, 2.05) is 12.1 Å². The molecule has 1 heterocycles. The maximum Gasteiger partial charge on any atom is 0.140 e. The van der Waals surface area contributed by atoms with Crippen LogP contribution in [-0.4, -0.2) is 9.73 Å². The number of anilines is 1. The average Bonchev–Trinajstić information content (AvgIpc) is 2.01. The van der Waals surface area contributed by atoms with Crippen LogP contribution in [0, 0.1) is 0 Å². The first-order valence-electron chi connectivity index (χ1n) is 4.13. The predicted octanol–water partition coefficient (Wildman–Crippen LogP) is 2.26. The van der Waals surface area contributed by atoms with Crippen LogP contribution in [0.2, 0.25) is 0 Å². The Bertz CT molecular complexity index is 280. The van der Waals surface area contributed by atoms with Crippen LogP contribution >= 0.6 is 11.8 Å². The molecule has 1 aromatic heterocycles. The summed E-state index contributed by atoms with van der Waals surface area (Å²) < 4.78 is 0.215. The Labute approximate surface area is 83.1 Å². The van der Waals surface area contributed by atoms with Crippen molar-refractivity contribution in [2.75, 3.05) is 5.43 Å². The van der Waals surface area contributed by atoms with Crippen LogP contribution in [0.25, 0.3) is 0 Å². The van der Waals surface area contributed by atoms with Crippen molar-refractivity contribution in [2.45, 2.75) is 30.4 Å². The second kappa shape index (κ2) is 3.98. The monoisotopic (exact) mass is 197 g/mol. The summed E-state index contributed by atoms with van der Waals surface area (Å²) in [6.45, 7) is 6.52. The van der Waals surface area contributed by atoms with Crippen molar-refractivity contribution < 1.29 is 0 Å². The van der Waals surface area contributed by atoms with E-state index >= 15 is 0 Å². The van der Waals surface area contributed by atoms with Crippen LogP contribution in [0.5, 0.6) is 0 Å². The number of hydrogen-bond acceptors (Lipinski definition) is 4. The van der Waals surface area contributed by atoms with Crippen molar-refractivity contribution in [3.63, 3.8) is 0 Å². The van der Waals surface area contributed by atoms with E-state index in [0.717, 1.165) is 0 Å². The molecule has 0 atom stereocenters. The lowest BCUT2D eigenvalue weighted by atomic mass is 10.3. The van der Waals surface area contributed by atoms with Gasteiger partial charge >= 0.3 is 0 Å². The first kappa shape index (κ1) is 10.3. The highest BCUT2D eigenvalue weighted by Crippen LogP contribution is 2.32. The molecule has 0 aromatic carbocycles. The second-order valence-corrected chi connectivity index (χ2v) is 5.64. The Morgan fingerprint density at radius 3 is 2.69 bits per heavy atom. The fourth-order valence-electron chi connectivity index (χ4n) is 0.907. The lowest BCUT2D eigenvalue weighted by molar-refractivity contribution is 0.802. The minimum atomic E-state index is 0.215. The fourth-order valence-corrected chi connectivity index (χ4v) is 1.91. The molecule has 0 saturated heterocycles. The molecule has 0 radical (unpaired) electrons. The topological polar surface area (TPSA) is 50.9 Å². The van der Waals surface area contributed by atoms with Crippen molar-refractivity contribution in [1.29, 1.82) is 0 Å². The summed E-state index contributed by atoms with van der Waals surface area (Å²) in [6, 6.07) is 3.92. The molecule has 3 N–H and O–H groups in total. The molecule has 72 valence electrons. The maximum atomic E-state index is 5.26. The quantitative estimate of drug-likeness (QED) is 0.434. The van der Waals surface area contributed by atoms with Gasteiger partial charge in [-0.15, -0.1) is 11.8 Å². The van der Waals surface area contributed by atoms with Gasteiger partial charge in [0, 0.05) is 15.8 Å². The third-order valence-electron chi connectivity index (χ3n) is 1.30. The molecule has 0 aliphatic rings. The number of pyridine rings is 1. The Morgan fingerprint density at radius 1 is 1.46 bits per heavy atom. The molecule has 13 heavy (non-hydrogen) atoms. The Balaban J connectivity index is 2.78. The highest BCUT2D eigenvalue weighted by atomic mass is 32.2. The van der Waals surface area contributed by atoms with E-state index in [9.17, 15) is 0 Å². The van der Waals surface area contributed by atoms with E-state index in [2.05, 4.69) is 31.2 Å². The van der Waals surface area contributed by atoms with E-state index < -0.39 is 0 Å². The molecule has 0 aliphatic heterocycles. The van der Waals surface area contributed by atoms with Gasteiger partial charge in [0.2, 0.25) is 0 Å². The zero-order valence-corrected chi connectivity index (χ0v) is 8.98. The molecule has 0 amide bonds. The Morgan fingerprint density at radius 2 is 2.15 bits per heavy atom. The first-order valence-corrected chi connectivity index (χ1v) is 4.94. The van der Waals surface area contributed by atoms with Gasteiger partial charge in [0.25, 0.3) is 0 Å². The molecular weight excluding hydrogens is 182 g/mol. The number of hydrogen-bond donors (Lipinski definition) is 2. The first-order chi connectivity index (χ1) is 6.01. The van der Waals surface area contributed by atoms with Gasteiger partial charge in [0.05, 0.1) is 0 Å². The number of thioether (sulfide) groups is 1. The van der Waals surface area contributed by atoms with Crippen LogP contribution in [0.4, 0.5) is 5.82 Å². The van der Waals surface area contributed by atoms with E-state index in [0.29, 0.717) is 5.82 Å². The largest absolute Gasteiger partial charge is 0.308 e. The zero-order chi connectivity index (χ0) is 9.90. The van der Waals surface area contributed by atoms with Gasteiger partial charge in [-0.2, -0.15) is 0 Å². The van der Waals surface area contributed by atoms with Crippen LogP contribution < -0.4 is 11.3 Å². The van der Waals surface area contributed by atoms with Gasteiger partial charge in [-0.3, -0.25) is 0 Å². The number of aromatic nitrogens is 1. The molecule has 0 saturated carbocycles. The van der Waals surface area contributed by atoms with E-state index in [1.54, 1.807) is 18.0 Å². The van der Waals surface area contributed by atoms with Gasteiger partial charge in [-0.1, -0.05) is 20.8 Å². The lowest BCUT2D eigenvalue weighted by Gasteiger charge is -2.17. The highest BCUT2D eigenvalue weighted by Gasteiger charge is 2.11. The summed E-state index contributed by atoms with van der Waals surface area (Å²) >= 11 is 1.79. The molecule has 1 aromatic rings. The van der Waals surface area contributed by atoms with Crippen molar-refractivity contribution in [1.82, 2.24) is 4.98 Å². The summed E-state index contributed by atoms with van der Waals surface area (Å²) in [4.78, 5) is 5.21. The SMILES string of the molecule is CC(C)(C)Sc1ccnc(NN)c1. The van der Waals surface area contributed by atoms with Crippen LogP contribution in [0.15, 0.2) is 23.2 Å². The zero-order valence-electron chi connectivity index (χ0n) is 8.16. The Hall–Kier alpha value is -0.740. The third kappa shape index (κ3) is 3.65. The van der Waals surface area contributed by atoms with Gasteiger partial charge in [-0.05, 0) is 12.1 Å². The third-order valence-corrected chi connectivity index (χ3v) is 2.41. The second-order valence-electron chi connectivity index (χ2n) is 3.74. The molecule has 4 heteroatoms. The van der Waals surface area contributed by atoms with Crippen LogP contribution in [-0.2, 0) is 0 Å². The smallest absolute Gasteiger partial charge is 0.140 e. The fraction of sp³-hybridized carbons (Fsp3) is 0.444. The summed E-state index contributed by atoms with van der Waals surface area (Å²) in [6.07, 6.45) is 1.75. The van der Waals surface area contributed by atoms with Gasteiger partial charge in [-0.25, -0.2) is 10.8 Å². The maximum absolute atomic E-state index is 5.26. The van der Waals surface area contributed by atoms with Crippen molar-refractivity contribution in [3.05, 3.63) is 18.3 Å². The summed E-state index contributed by atoms with van der Waals surface area (Å²) in [5.74, 6) is 5.96. The number of nitrogens with one attached hydrogen (secondary N) is 1. The van der Waals surface area contributed by atoms with E-state index in [-0.39, 0.29) is 4.75 Å². The van der Waals surface area contributed by atoms with Crippen LogP contribution in [0.1, 0.15) is 20.8 Å². The van der Waals surface area contributed by atoms with E-state index in [1.165, 1.54) is 4.90 Å². The average molecular weight is 197 g/mol. The number of nitrogens with zero attached hydrogens (tertiary/aromatic N) is 1. The predicted molar refractivity (Wildman–Crippen MR) is 57.7 cm³/mol. The molecule has 0 bridgehead atoms. The summed E-state index contributed by atoms with van der Waals surface area (Å²) in [5, 5.41) is 0. The van der Waals surface area contributed by atoms with Crippen molar-refractivity contribution >= 4 is 17.6 Å². The number of nitrogens with two attached hydrogens (primary N) is 1. The molecule has 0 fully saturated rings. The normalized spacial score (nSPS) is 11.4. The molecule has 0 aliphatic carbocycles. The van der Waals surface area contributed by atoms with Crippen molar-refractivity contribution in [3.8, 4) is 0 Å². The number of hydrazine groups is 1. The lowest BCUT2D eigenvalue weighted by Crippen LogP contribution is -2.09. The highest BCUT2D eigenvalue weighted by molar-refractivity contribution is 8.00. The number of nitrogen functional groups attached to an aromatic ring is 1. The summed E-state index contributed by atoms with van der Waals surface area (Å²) in [5.41, 5.74) is 2.53. The van der Waals surface area contributed by atoms with Gasteiger partial charge in [0.1, 0.15) is 5.82 Å². The van der Waals surface area contributed by atoms with Crippen molar-refractivity contribution in [2.24, 2.45) is 5.84 Å². The minimum Gasteiger partial charge on any atom is -0.308 e. The molecule has 0 unspecified atom stereocenters. The molecule has 3 nitrogen and oxygen atoms in total. The van der Waals surface area contributed by atoms with E-state index in [4.69, 9.17) is 5.84 Å². The number of rotatable bonds is 2. The summed E-state index contributed by atoms with van der Waals surface area (Å²) in [7, 11) is 0. The molecule has 0 spiro atoms. The Kier molecular flexibility index (Phi) is 3.17. The standard InChI is InChI=1S/C9H15N3S/c1-9(2,3)13-7-4-5-11-8(6-7)12-10/h4-6H,10H2,1-3H3,(H,11,12). The van der Waals surface area contributed by atoms with Crippen LogP contribution in [0.3, 0.4) is 0 Å². The molecular formula is C9H15N3S. The minimum absolute atomic E-state index is 0.215. The van der Waals surface area contributed by atoms with Gasteiger partial charge in [0.15, 0.2) is 0 Å². The molecule has 1 rings (SSSR count).